The first-order valence-corrected chi connectivity index (χ1v) is 13.8. The van der Waals surface area contributed by atoms with Crippen LogP contribution in [-0.2, 0) is 37.6 Å². The molecule has 0 bridgehead atoms. The van der Waals surface area contributed by atoms with Gasteiger partial charge in [0.15, 0.2) is 8.32 Å². The van der Waals surface area contributed by atoms with E-state index < -0.39 is 14.3 Å². The SMILES string of the molecule is C=C(C)C(=O)OCCOCCOCCOCCOCCOCCO[Si](C)(C)C(C)(C)C. The Kier molecular flexibility index (Phi) is 17.2. The molecule has 31 heavy (non-hydrogen) atoms. The predicted octanol–water partition coefficient (Wildman–Crippen LogP) is 3.21. The summed E-state index contributed by atoms with van der Waals surface area (Å²) in [4.78, 5) is 11.1. The lowest BCUT2D eigenvalue weighted by Gasteiger charge is -2.36. The third-order valence-corrected chi connectivity index (χ3v) is 9.33. The van der Waals surface area contributed by atoms with Gasteiger partial charge in [-0.25, -0.2) is 4.79 Å². The molecule has 0 aromatic carbocycles. The average molecular weight is 465 g/mol. The van der Waals surface area contributed by atoms with Gasteiger partial charge in [-0.2, -0.15) is 0 Å². The van der Waals surface area contributed by atoms with Crippen molar-refractivity contribution in [1.82, 2.24) is 0 Å². The van der Waals surface area contributed by atoms with E-state index in [1.165, 1.54) is 0 Å². The maximum atomic E-state index is 11.1. The van der Waals surface area contributed by atoms with Crippen molar-refractivity contribution in [3.05, 3.63) is 12.2 Å². The van der Waals surface area contributed by atoms with Crippen molar-refractivity contribution >= 4 is 14.3 Å². The van der Waals surface area contributed by atoms with E-state index in [1.54, 1.807) is 6.92 Å². The minimum atomic E-state index is -1.69. The molecule has 0 spiro atoms. The molecular weight excluding hydrogens is 420 g/mol. The van der Waals surface area contributed by atoms with Crippen LogP contribution in [-0.4, -0.2) is 93.6 Å². The number of carbonyl (C=O) groups excluding carboxylic acids is 1. The highest BCUT2D eigenvalue weighted by Crippen LogP contribution is 2.36. The van der Waals surface area contributed by atoms with Gasteiger partial charge in [0.2, 0.25) is 0 Å². The summed E-state index contributed by atoms with van der Waals surface area (Å²) in [7, 11) is -1.69. The van der Waals surface area contributed by atoms with Gasteiger partial charge in [-0.15, -0.1) is 0 Å². The van der Waals surface area contributed by atoms with Crippen LogP contribution in [0.3, 0.4) is 0 Å². The van der Waals surface area contributed by atoms with E-state index >= 15 is 0 Å². The summed E-state index contributed by atoms with van der Waals surface area (Å²) in [6, 6.07) is 0. The zero-order valence-corrected chi connectivity index (χ0v) is 21.5. The summed E-state index contributed by atoms with van der Waals surface area (Å²) in [5, 5.41) is 0.220. The molecule has 0 aliphatic heterocycles. The standard InChI is InChI=1S/C22H44O8Si/c1-20(2)21(23)29-18-16-27-14-12-25-10-8-24-9-11-26-13-15-28-17-19-30-31(6,7)22(3,4)5/h1,8-19H2,2-7H3. The molecule has 0 amide bonds. The van der Waals surface area contributed by atoms with Gasteiger partial charge >= 0.3 is 5.97 Å². The summed E-state index contributed by atoms with van der Waals surface area (Å²) in [6.07, 6.45) is 0. The first kappa shape index (κ1) is 30.2. The third kappa shape index (κ3) is 17.4. The van der Waals surface area contributed by atoms with Gasteiger partial charge in [0.05, 0.1) is 72.7 Å². The lowest BCUT2D eigenvalue weighted by molar-refractivity contribution is -0.140. The molecule has 0 atom stereocenters. The van der Waals surface area contributed by atoms with Crippen LogP contribution in [0.15, 0.2) is 12.2 Å². The maximum Gasteiger partial charge on any atom is 0.333 e. The molecule has 184 valence electrons. The molecule has 0 aromatic rings. The number of hydrogen-bond donors (Lipinski definition) is 0. The summed E-state index contributed by atoms with van der Waals surface area (Å²) in [5.74, 6) is -0.403. The first-order chi connectivity index (χ1) is 14.6. The van der Waals surface area contributed by atoms with Crippen LogP contribution in [0.1, 0.15) is 27.7 Å². The van der Waals surface area contributed by atoms with Gasteiger partial charge in [-0.1, -0.05) is 27.4 Å². The Bertz CT molecular complexity index is 477. The predicted molar refractivity (Wildman–Crippen MR) is 123 cm³/mol. The molecule has 0 rings (SSSR count). The van der Waals surface area contributed by atoms with Crippen molar-refractivity contribution in [2.45, 2.75) is 45.8 Å². The van der Waals surface area contributed by atoms with Gasteiger partial charge in [-0.05, 0) is 25.1 Å². The summed E-state index contributed by atoms with van der Waals surface area (Å²) in [5.41, 5.74) is 0.379. The molecular formula is C22H44O8Si. The molecule has 0 N–H and O–H groups in total. The van der Waals surface area contributed by atoms with Gasteiger partial charge in [-0.3, -0.25) is 0 Å². The van der Waals surface area contributed by atoms with Gasteiger partial charge < -0.3 is 32.8 Å². The molecule has 0 saturated carbocycles. The lowest BCUT2D eigenvalue weighted by Crippen LogP contribution is -2.41. The lowest BCUT2D eigenvalue weighted by atomic mass is 10.2. The molecule has 9 heteroatoms. The van der Waals surface area contributed by atoms with Crippen molar-refractivity contribution in [3.63, 3.8) is 0 Å². The fourth-order valence-corrected chi connectivity index (χ4v) is 2.90. The van der Waals surface area contributed by atoms with Crippen LogP contribution in [0.5, 0.6) is 0 Å². The Hall–Kier alpha value is -0.813. The van der Waals surface area contributed by atoms with Crippen LogP contribution >= 0.6 is 0 Å². The highest BCUT2D eigenvalue weighted by atomic mass is 28.4. The molecule has 0 fully saturated rings. The summed E-state index contributed by atoms with van der Waals surface area (Å²) >= 11 is 0. The molecule has 0 saturated heterocycles. The molecule has 0 heterocycles. The Labute approximate surface area is 189 Å². The molecule has 8 nitrogen and oxygen atoms in total. The maximum absolute atomic E-state index is 11.1. The van der Waals surface area contributed by atoms with E-state index in [-0.39, 0.29) is 11.6 Å². The van der Waals surface area contributed by atoms with Crippen molar-refractivity contribution in [2.75, 3.05) is 79.3 Å². The molecule has 0 aliphatic rings. The molecule has 0 aliphatic carbocycles. The van der Waals surface area contributed by atoms with Crippen molar-refractivity contribution in [2.24, 2.45) is 0 Å². The second-order valence-corrected chi connectivity index (χ2v) is 13.4. The van der Waals surface area contributed by atoms with Crippen LogP contribution in [0.4, 0.5) is 0 Å². The number of esters is 1. The number of rotatable bonds is 20. The van der Waals surface area contributed by atoms with Crippen molar-refractivity contribution in [1.29, 1.82) is 0 Å². The van der Waals surface area contributed by atoms with Gasteiger partial charge in [0, 0.05) is 5.57 Å². The minimum absolute atomic E-state index is 0.213. The number of ether oxygens (including phenoxy) is 6. The zero-order valence-electron chi connectivity index (χ0n) is 20.5. The minimum Gasteiger partial charge on any atom is -0.460 e. The van der Waals surface area contributed by atoms with Crippen molar-refractivity contribution in [3.8, 4) is 0 Å². The van der Waals surface area contributed by atoms with Gasteiger partial charge in [0.25, 0.3) is 0 Å². The number of hydrogen-bond acceptors (Lipinski definition) is 8. The molecule has 0 aromatic heterocycles. The Morgan fingerprint density at radius 3 is 1.32 bits per heavy atom. The average Bonchev–Trinajstić information content (AvgIpc) is 2.68. The second kappa shape index (κ2) is 17.7. The van der Waals surface area contributed by atoms with Crippen LogP contribution in [0.25, 0.3) is 0 Å². The quantitative estimate of drug-likeness (QED) is 0.118. The van der Waals surface area contributed by atoms with Crippen LogP contribution < -0.4 is 0 Å². The second-order valence-electron chi connectivity index (χ2n) is 8.59. The Morgan fingerprint density at radius 2 is 1.00 bits per heavy atom. The van der Waals surface area contributed by atoms with E-state index in [9.17, 15) is 4.79 Å². The smallest absolute Gasteiger partial charge is 0.333 e. The number of carbonyl (C=O) groups is 1. The monoisotopic (exact) mass is 464 g/mol. The highest BCUT2D eigenvalue weighted by Gasteiger charge is 2.36. The first-order valence-electron chi connectivity index (χ1n) is 10.9. The summed E-state index contributed by atoms with van der Waals surface area (Å²) in [6.45, 7) is 22.1. The molecule has 0 radical (unpaired) electrons. The normalized spacial score (nSPS) is 12.2. The van der Waals surface area contributed by atoms with E-state index in [0.717, 1.165) is 0 Å². The van der Waals surface area contributed by atoms with E-state index in [4.69, 9.17) is 32.8 Å². The third-order valence-electron chi connectivity index (χ3n) is 4.79. The van der Waals surface area contributed by atoms with E-state index in [2.05, 4.69) is 40.4 Å². The van der Waals surface area contributed by atoms with Crippen molar-refractivity contribution < 1.29 is 37.6 Å². The fraction of sp³-hybridized carbons (Fsp3) is 0.864. The highest BCUT2D eigenvalue weighted by molar-refractivity contribution is 6.74. The van der Waals surface area contributed by atoms with E-state index in [1.807, 2.05) is 0 Å². The van der Waals surface area contributed by atoms with Gasteiger partial charge in [0.1, 0.15) is 6.61 Å². The van der Waals surface area contributed by atoms with E-state index in [0.29, 0.717) is 78.2 Å². The van der Waals surface area contributed by atoms with Crippen LogP contribution in [0, 0.1) is 0 Å². The zero-order chi connectivity index (χ0) is 23.6. The fourth-order valence-electron chi connectivity index (χ4n) is 1.87. The Morgan fingerprint density at radius 1 is 0.677 bits per heavy atom. The molecule has 0 unspecified atom stereocenters. The largest absolute Gasteiger partial charge is 0.460 e. The Balaban J connectivity index is 3.24. The topological polar surface area (TPSA) is 81.7 Å². The summed E-state index contributed by atoms with van der Waals surface area (Å²) < 4.78 is 38.1. The van der Waals surface area contributed by atoms with Crippen LogP contribution in [0.2, 0.25) is 18.1 Å².